The molecule has 5 heteroatoms. The van der Waals surface area contributed by atoms with Crippen molar-refractivity contribution in [1.82, 2.24) is 15.5 Å². The van der Waals surface area contributed by atoms with Crippen molar-refractivity contribution in [3.8, 4) is 0 Å². The van der Waals surface area contributed by atoms with Crippen molar-refractivity contribution >= 4 is 5.91 Å². The fourth-order valence-corrected chi connectivity index (χ4v) is 1.65. The largest absolute Gasteiger partial charge is 0.385 e. The third-order valence-corrected chi connectivity index (χ3v) is 2.56. The van der Waals surface area contributed by atoms with Gasteiger partial charge in [0.05, 0.1) is 6.04 Å². The number of hydrogen-bond acceptors (Lipinski definition) is 4. The van der Waals surface area contributed by atoms with E-state index in [2.05, 4.69) is 10.6 Å². The number of likely N-dealkylation sites (N-methyl/N-ethyl adjacent to an activating group) is 1. The van der Waals surface area contributed by atoms with E-state index < -0.39 is 0 Å². The molecule has 0 aromatic rings. The minimum atomic E-state index is -0.0636. The highest BCUT2D eigenvalue weighted by atomic mass is 16.5. The average molecular weight is 215 g/mol. The summed E-state index contributed by atoms with van der Waals surface area (Å²) < 4.78 is 4.95. The zero-order chi connectivity index (χ0) is 11.1. The average Bonchev–Trinajstić information content (AvgIpc) is 2.29. The van der Waals surface area contributed by atoms with Crippen molar-refractivity contribution in [3.05, 3.63) is 0 Å². The molecule has 1 aliphatic rings. The van der Waals surface area contributed by atoms with Gasteiger partial charge in [0.1, 0.15) is 0 Å². The van der Waals surface area contributed by atoms with Crippen molar-refractivity contribution in [3.63, 3.8) is 0 Å². The third-order valence-electron chi connectivity index (χ3n) is 2.56. The minimum Gasteiger partial charge on any atom is -0.385 e. The van der Waals surface area contributed by atoms with E-state index >= 15 is 0 Å². The van der Waals surface area contributed by atoms with Crippen LogP contribution in [0.1, 0.15) is 6.42 Å². The number of piperazine rings is 1. The molecule has 1 saturated heterocycles. The molecule has 1 heterocycles. The number of methoxy groups -OCH3 is 1. The van der Waals surface area contributed by atoms with Crippen LogP contribution in [0.4, 0.5) is 0 Å². The molecule has 0 aromatic heterocycles. The lowest BCUT2D eigenvalue weighted by atomic mass is 10.2. The predicted molar refractivity (Wildman–Crippen MR) is 58.8 cm³/mol. The van der Waals surface area contributed by atoms with Crippen LogP contribution in [0.2, 0.25) is 0 Å². The van der Waals surface area contributed by atoms with E-state index in [-0.39, 0.29) is 11.9 Å². The van der Waals surface area contributed by atoms with Gasteiger partial charge >= 0.3 is 0 Å². The Balaban J connectivity index is 2.24. The first kappa shape index (κ1) is 12.4. The zero-order valence-electron chi connectivity index (χ0n) is 9.58. The molecular formula is C10H21N3O2. The van der Waals surface area contributed by atoms with E-state index in [4.69, 9.17) is 4.74 Å². The van der Waals surface area contributed by atoms with Crippen LogP contribution >= 0.6 is 0 Å². The standard InChI is InChI=1S/C10H21N3O2/c1-13(6-3-7-15-2)10(14)9-8-11-4-5-12-9/h9,11-12H,3-8H2,1-2H3. The summed E-state index contributed by atoms with van der Waals surface area (Å²) in [6, 6.07) is -0.0636. The molecule has 0 aliphatic carbocycles. The molecule has 1 amide bonds. The minimum absolute atomic E-state index is 0.0636. The summed E-state index contributed by atoms with van der Waals surface area (Å²) in [5.41, 5.74) is 0. The summed E-state index contributed by atoms with van der Waals surface area (Å²) >= 11 is 0. The highest BCUT2D eigenvalue weighted by Gasteiger charge is 2.22. The SMILES string of the molecule is COCCCN(C)C(=O)C1CNCCN1. The summed E-state index contributed by atoms with van der Waals surface area (Å²) in [6.07, 6.45) is 0.888. The molecule has 0 bridgehead atoms. The lowest BCUT2D eigenvalue weighted by Crippen LogP contribution is -2.56. The fourth-order valence-electron chi connectivity index (χ4n) is 1.65. The van der Waals surface area contributed by atoms with E-state index in [1.165, 1.54) is 0 Å². The molecule has 1 rings (SSSR count). The topological polar surface area (TPSA) is 53.6 Å². The first-order valence-corrected chi connectivity index (χ1v) is 5.43. The second kappa shape index (κ2) is 6.76. The predicted octanol–water partition coefficient (Wildman–Crippen LogP) is -0.957. The number of nitrogens with zero attached hydrogens (tertiary/aromatic N) is 1. The Morgan fingerprint density at radius 2 is 2.33 bits per heavy atom. The summed E-state index contributed by atoms with van der Waals surface area (Å²) in [7, 11) is 3.52. The van der Waals surface area contributed by atoms with Gasteiger partial charge in [-0.3, -0.25) is 4.79 Å². The number of nitrogens with one attached hydrogen (secondary N) is 2. The lowest BCUT2D eigenvalue weighted by Gasteiger charge is -2.28. The van der Waals surface area contributed by atoms with E-state index in [0.717, 1.165) is 32.6 Å². The molecule has 1 atom stereocenters. The molecule has 1 fully saturated rings. The van der Waals surface area contributed by atoms with E-state index in [9.17, 15) is 4.79 Å². The van der Waals surface area contributed by atoms with Gasteiger partial charge in [0, 0.05) is 46.9 Å². The first-order valence-electron chi connectivity index (χ1n) is 5.43. The van der Waals surface area contributed by atoms with Gasteiger partial charge in [-0.25, -0.2) is 0 Å². The Morgan fingerprint density at radius 3 is 2.93 bits per heavy atom. The molecule has 15 heavy (non-hydrogen) atoms. The van der Waals surface area contributed by atoms with Crippen LogP contribution in [0.15, 0.2) is 0 Å². The molecular weight excluding hydrogens is 194 g/mol. The first-order chi connectivity index (χ1) is 7.25. The molecule has 1 aliphatic heterocycles. The number of carbonyl (C=O) groups excluding carboxylic acids is 1. The maximum absolute atomic E-state index is 11.9. The molecule has 2 N–H and O–H groups in total. The number of hydrogen-bond donors (Lipinski definition) is 2. The van der Waals surface area contributed by atoms with Crippen molar-refractivity contribution in [2.75, 3.05) is 46.9 Å². The fraction of sp³-hybridized carbons (Fsp3) is 0.900. The normalized spacial score (nSPS) is 21.3. The smallest absolute Gasteiger partial charge is 0.240 e. The molecule has 0 aromatic carbocycles. The third kappa shape index (κ3) is 4.15. The molecule has 0 radical (unpaired) electrons. The lowest BCUT2D eigenvalue weighted by molar-refractivity contribution is -0.132. The van der Waals surface area contributed by atoms with Gasteiger partial charge in [-0.1, -0.05) is 0 Å². The maximum Gasteiger partial charge on any atom is 0.240 e. The van der Waals surface area contributed by atoms with Crippen LogP contribution in [0.5, 0.6) is 0 Å². The number of carbonyl (C=O) groups is 1. The quantitative estimate of drug-likeness (QED) is 0.580. The highest BCUT2D eigenvalue weighted by molar-refractivity contribution is 5.82. The van der Waals surface area contributed by atoms with Gasteiger partial charge in [-0.15, -0.1) is 0 Å². The highest BCUT2D eigenvalue weighted by Crippen LogP contribution is 1.96. The van der Waals surface area contributed by atoms with Crippen LogP contribution in [0.25, 0.3) is 0 Å². The second-order valence-electron chi connectivity index (χ2n) is 3.82. The Hall–Kier alpha value is -0.650. The van der Waals surface area contributed by atoms with Crippen LogP contribution in [0, 0.1) is 0 Å². The molecule has 0 spiro atoms. The van der Waals surface area contributed by atoms with Crippen LogP contribution in [-0.4, -0.2) is 63.8 Å². The van der Waals surface area contributed by atoms with E-state index in [0.29, 0.717) is 6.61 Å². The van der Waals surface area contributed by atoms with E-state index in [1.807, 2.05) is 7.05 Å². The maximum atomic E-state index is 11.9. The van der Waals surface area contributed by atoms with Gasteiger partial charge in [-0.05, 0) is 6.42 Å². The number of rotatable bonds is 5. The Kier molecular flexibility index (Phi) is 5.60. The molecule has 0 saturated carbocycles. The van der Waals surface area contributed by atoms with Gasteiger partial charge in [0.2, 0.25) is 5.91 Å². The van der Waals surface area contributed by atoms with Gasteiger partial charge in [0.25, 0.3) is 0 Å². The number of ether oxygens (including phenoxy) is 1. The molecule has 5 nitrogen and oxygen atoms in total. The van der Waals surface area contributed by atoms with E-state index in [1.54, 1.807) is 12.0 Å². The summed E-state index contributed by atoms with van der Waals surface area (Å²) in [5.74, 6) is 0.165. The van der Waals surface area contributed by atoms with Crippen LogP contribution in [0.3, 0.4) is 0 Å². The van der Waals surface area contributed by atoms with Gasteiger partial charge in [0.15, 0.2) is 0 Å². The Bertz CT molecular complexity index is 193. The van der Waals surface area contributed by atoms with Crippen molar-refractivity contribution < 1.29 is 9.53 Å². The van der Waals surface area contributed by atoms with Crippen molar-refractivity contribution in [2.45, 2.75) is 12.5 Å². The molecule has 1 unspecified atom stereocenters. The molecule has 88 valence electrons. The number of amides is 1. The monoisotopic (exact) mass is 215 g/mol. The Morgan fingerprint density at radius 1 is 1.53 bits per heavy atom. The summed E-state index contributed by atoms with van der Waals surface area (Å²) in [6.45, 7) is 3.99. The second-order valence-corrected chi connectivity index (χ2v) is 3.82. The van der Waals surface area contributed by atoms with Crippen LogP contribution in [-0.2, 0) is 9.53 Å². The Labute approximate surface area is 91.2 Å². The van der Waals surface area contributed by atoms with Gasteiger partial charge in [-0.2, -0.15) is 0 Å². The van der Waals surface area contributed by atoms with Crippen molar-refractivity contribution in [2.24, 2.45) is 0 Å². The summed E-state index contributed by atoms with van der Waals surface area (Å²) in [4.78, 5) is 13.6. The van der Waals surface area contributed by atoms with Crippen molar-refractivity contribution in [1.29, 1.82) is 0 Å². The van der Waals surface area contributed by atoms with Crippen LogP contribution < -0.4 is 10.6 Å². The zero-order valence-corrected chi connectivity index (χ0v) is 9.58. The van der Waals surface area contributed by atoms with Gasteiger partial charge < -0.3 is 20.3 Å². The summed E-state index contributed by atoms with van der Waals surface area (Å²) in [5, 5.41) is 6.41.